The zero-order valence-corrected chi connectivity index (χ0v) is 18.9. The summed E-state index contributed by atoms with van der Waals surface area (Å²) in [6, 6.07) is 1.65. The van der Waals surface area contributed by atoms with Crippen molar-refractivity contribution < 1.29 is 22.7 Å². The topological polar surface area (TPSA) is 65.2 Å². The first-order valence-electron chi connectivity index (χ1n) is 11.6. The molecule has 3 aliphatic heterocycles. The Hall–Kier alpha value is -3.30. The molecule has 0 N–H and O–H groups in total. The molecule has 6 rings (SSSR count). The maximum Gasteiger partial charge on any atom is 0.261 e. The van der Waals surface area contributed by atoms with Gasteiger partial charge in [-0.3, -0.25) is 9.48 Å². The SMILES string of the molecule is CC1COc2c(C(=O)N3[C@H]4CCC[C@@H]3c3nn(C)c(-c5cc(F)c(F)c(F)c5)c3C4)cnn2C1. The normalized spacial score (nSPS) is 23.3. The van der Waals surface area contributed by atoms with Crippen molar-refractivity contribution in [1.82, 2.24) is 24.5 Å². The Morgan fingerprint density at radius 3 is 2.71 bits per heavy atom. The smallest absolute Gasteiger partial charge is 0.261 e. The highest BCUT2D eigenvalue weighted by Crippen LogP contribution is 2.45. The Kier molecular flexibility index (Phi) is 4.76. The molecule has 5 heterocycles. The molecule has 1 fully saturated rings. The van der Waals surface area contributed by atoms with E-state index in [9.17, 15) is 18.0 Å². The van der Waals surface area contributed by atoms with Gasteiger partial charge in [0.05, 0.1) is 36.8 Å². The number of hydrogen-bond donors (Lipinski definition) is 0. The molecule has 1 aromatic carbocycles. The molecule has 34 heavy (non-hydrogen) atoms. The van der Waals surface area contributed by atoms with Crippen LogP contribution in [0.1, 0.15) is 53.8 Å². The molecule has 2 bridgehead atoms. The number of fused-ring (bicyclic) bond motifs is 5. The lowest BCUT2D eigenvalue weighted by molar-refractivity contribution is 0.0384. The molecule has 1 saturated heterocycles. The molecule has 0 aliphatic carbocycles. The predicted molar refractivity (Wildman–Crippen MR) is 116 cm³/mol. The summed E-state index contributed by atoms with van der Waals surface area (Å²) < 4.78 is 50.7. The van der Waals surface area contributed by atoms with Gasteiger partial charge in [-0.15, -0.1) is 0 Å². The van der Waals surface area contributed by atoms with Crippen molar-refractivity contribution in [1.29, 1.82) is 0 Å². The number of nitrogens with zero attached hydrogens (tertiary/aromatic N) is 5. The average Bonchev–Trinajstić information content (AvgIpc) is 3.36. The van der Waals surface area contributed by atoms with E-state index in [1.54, 1.807) is 22.6 Å². The molecule has 3 aliphatic rings. The van der Waals surface area contributed by atoms with Gasteiger partial charge in [0.15, 0.2) is 17.5 Å². The highest BCUT2D eigenvalue weighted by molar-refractivity contribution is 5.97. The summed E-state index contributed by atoms with van der Waals surface area (Å²) in [6.07, 6.45) is 4.57. The summed E-state index contributed by atoms with van der Waals surface area (Å²) in [5.41, 5.74) is 2.82. The van der Waals surface area contributed by atoms with Crippen LogP contribution in [0.15, 0.2) is 18.3 Å². The largest absolute Gasteiger partial charge is 0.477 e. The van der Waals surface area contributed by atoms with Gasteiger partial charge in [-0.05, 0) is 37.8 Å². The Labute approximate surface area is 194 Å². The number of carbonyl (C=O) groups excluding carboxylic acids is 1. The van der Waals surface area contributed by atoms with Crippen LogP contribution in [0.3, 0.4) is 0 Å². The number of halogens is 3. The number of benzene rings is 1. The maximum absolute atomic E-state index is 14.0. The Morgan fingerprint density at radius 2 is 1.94 bits per heavy atom. The predicted octanol–water partition coefficient (Wildman–Crippen LogP) is 4.02. The van der Waals surface area contributed by atoms with Crippen molar-refractivity contribution >= 4 is 5.91 Å². The van der Waals surface area contributed by atoms with E-state index in [0.29, 0.717) is 42.6 Å². The van der Waals surface area contributed by atoms with Crippen LogP contribution >= 0.6 is 0 Å². The number of aryl methyl sites for hydroxylation is 1. The van der Waals surface area contributed by atoms with E-state index in [1.165, 1.54) is 0 Å². The van der Waals surface area contributed by atoms with Gasteiger partial charge in [0.25, 0.3) is 5.91 Å². The molecule has 3 aromatic rings. The molecular formula is C24H24F3N5O2. The third-order valence-corrected chi connectivity index (χ3v) is 7.18. The van der Waals surface area contributed by atoms with Crippen LogP contribution in [0.5, 0.6) is 5.88 Å². The van der Waals surface area contributed by atoms with Gasteiger partial charge in [-0.25, -0.2) is 17.9 Å². The van der Waals surface area contributed by atoms with Crippen LogP contribution in [-0.2, 0) is 20.0 Å². The van der Waals surface area contributed by atoms with Gasteiger partial charge in [-0.2, -0.15) is 10.2 Å². The number of piperidine rings is 1. The number of amides is 1. The molecule has 10 heteroatoms. The van der Waals surface area contributed by atoms with Crippen molar-refractivity contribution in [2.45, 2.75) is 51.2 Å². The molecule has 3 atom stereocenters. The first-order valence-corrected chi connectivity index (χ1v) is 11.6. The third-order valence-electron chi connectivity index (χ3n) is 7.18. The number of carbonyl (C=O) groups is 1. The van der Waals surface area contributed by atoms with Gasteiger partial charge in [0.1, 0.15) is 5.56 Å². The second-order valence-corrected chi connectivity index (χ2v) is 9.57. The van der Waals surface area contributed by atoms with Crippen molar-refractivity contribution in [3.8, 4) is 17.1 Å². The highest BCUT2D eigenvalue weighted by Gasteiger charge is 2.45. The fourth-order valence-corrected chi connectivity index (χ4v) is 5.71. The Balaban J connectivity index is 1.40. The molecular weight excluding hydrogens is 447 g/mol. The van der Waals surface area contributed by atoms with Gasteiger partial charge < -0.3 is 9.64 Å². The summed E-state index contributed by atoms with van der Waals surface area (Å²) in [5, 5.41) is 9.04. The van der Waals surface area contributed by atoms with Crippen LogP contribution < -0.4 is 4.74 Å². The van der Waals surface area contributed by atoms with Gasteiger partial charge in [0, 0.05) is 30.1 Å². The highest BCUT2D eigenvalue weighted by atomic mass is 19.2. The summed E-state index contributed by atoms with van der Waals surface area (Å²) in [7, 11) is 1.70. The van der Waals surface area contributed by atoms with E-state index in [2.05, 4.69) is 17.1 Å². The molecule has 7 nitrogen and oxygen atoms in total. The summed E-state index contributed by atoms with van der Waals surface area (Å²) in [4.78, 5) is 15.6. The van der Waals surface area contributed by atoms with Gasteiger partial charge in [-0.1, -0.05) is 6.92 Å². The summed E-state index contributed by atoms with van der Waals surface area (Å²) in [6.45, 7) is 3.31. The van der Waals surface area contributed by atoms with E-state index in [0.717, 1.165) is 42.7 Å². The molecule has 1 unspecified atom stereocenters. The number of hydrogen-bond acceptors (Lipinski definition) is 4. The van der Waals surface area contributed by atoms with Gasteiger partial charge >= 0.3 is 0 Å². The van der Waals surface area contributed by atoms with Crippen molar-refractivity contribution in [3.63, 3.8) is 0 Å². The lowest BCUT2D eigenvalue weighted by atomic mass is 9.81. The molecule has 0 spiro atoms. The first kappa shape index (κ1) is 21.2. The van der Waals surface area contributed by atoms with Gasteiger partial charge in [0.2, 0.25) is 5.88 Å². The van der Waals surface area contributed by atoms with E-state index in [4.69, 9.17) is 4.74 Å². The minimum atomic E-state index is -1.49. The van der Waals surface area contributed by atoms with Crippen LogP contribution in [0, 0.1) is 23.4 Å². The van der Waals surface area contributed by atoms with E-state index >= 15 is 0 Å². The Morgan fingerprint density at radius 1 is 1.18 bits per heavy atom. The second-order valence-electron chi connectivity index (χ2n) is 9.57. The van der Waals surface area contributed by atoms with Crippen molar-refractivity contribution in [2.24, 2.45) is 13.0 Å². The number of ether oxygens (including phenoxy) is 1. The lowest BCUT2D eigenvalue weighted by Crippen LogP contribution is -2.50. The lowest BCUT2D eigenvalue weighted by Gasteiger charge is -2.45. The zero-order chi connectivity index (χ0) is 23.7. The second kappa shape index (κ2) is 7.61. The molecule has 0 radical (unpaired) electrons. The first-order chi connectivity index (χ1) is 16.3. The molecule has 178 valence electrons. The van der Waals surface area contributed by atoms with E-state index < -0.39 is 17.5 Å². The van der Waals surface area contributed by atoms with Crippen LogP contribution in [-0.4, -0.2) is 43.0 Å². The fourth-order valence-electron chi connectivity index (χ4n) is 5.71. The van der Waals surface area contributed by atoms with E-state index in [1.807, 2.05) is 4.90 Å². The summed E-state index contributed by atoms with van der Waals surface area (Å²) >= 11 is 0. The maximum atomic E-state index is 14.0. The molecule has 1 amide bonds. The van der Waals surface area contributed by atoms with Crippen LogP contribution in [0.25, 0.3) is 11.3 Å². The molecule has 0 saturated carbocycles. The van der Waals surface area contributed by atoms with E-state index in [-0.39, 0.29) is 23.6 Å². The summed E-state index contributed by atoms with van der Waals surface area (Å²) in [5.74, 6) is -3.28. The molecule has 2 aromatic heterocycles. The zero-order valence-electron chi connectivity index (χ0n) is 18.9. The minimum absolute atomic E-state index is 0.0880. The fraction of sp³-hybridized carbons (Fsp3) is 0.458. The van der Waals surface area contributed by atoms with Crippen LogP contribution in [0.2, 0.25) is 0 Å². The average molecular weight is 471 g/mol. The monoisotopic (exact) mass is 471 g/mol. The quantitative estimate of drug-likeness (QED) is 0.530. The standard InChI is InChI=1S/C24H24F3N5O2/c1-12-10-31-24(34-11-12)16(9-28-31)23(33)32-14-4-3-5-19(32)21-15(8-14)22(30(2)29-21)13-6-17(25)20(27)18(26)7-13/h6-7,9,12,14,19H,3-5,8,10-11H2,1-2H3/t12?,14-,19+/m0/s1. The van der Waals surface area contributed by atoms with Crippen molar-refractivity contribution in [2.75, 3.05) is 6.61 Å². The minimum Gasteiger partial charge on any atom is -0.477 e. The number of rotatable bonds is 2. The number of aromatic nitrogens is 4. The third kappa shape index (κ3) is 3.07. The Bertz CT molecular complexity index is 1290. The van der Waals surface area contributed by atoms with Crippen LogP contribution in [0.4, 0.5) is 13.2 Å². The van der Waals surface area contributed by atoms with Crippen molar-refractivity contribution in [3.05, 3.63) is 52.6 Å².